The largest absolute Gasteiger partial charge is 0.480 e. The highest BCUT2D eigenvalue weighted by atomic mass is 32.2. The predicted octanol–water partition coefficient (Wildman–Crippen LogP) is 3.30. The van der Waals surface area contributed by atoms with Gasteiger partial charge in [-0.3, -0.25) is 14.8 Å². The second kappa shape index (κ2) is 17.7. The number of hydrogen-bond donors (Lipinski definition) is 5. The molecule has 12 nitrogen and oxygen atoms in total. The molecule has 0 aliphatic rings. The first kappa shape index (κ1) is 37.3. The standard InChI is InChI=1S/C34H44N4O8S/c1-23-16-24(2)18-25(17-23)19-30(34(41)42)38(31(21-35)26-11-13-29(14-12-26)47(36,44)45)33(40)10-4-3-7-15-46-22-28-9-6-5-8-27(28)20-32(39)37-43/h5-6,8-9,11-14,16-18,30-31,43H,3-4,7,10,15,19-22,35H2,1-2H3,(H,37,39)(H,41,42)(H2,36,44,45)/t30-,31?/m0/s1. The Morgan fingerprint density at radius 2 is 1.57 bits per heavy atom. The molecule has 0 aromatic heterocycles. The van der Waals surface area contributed by atoms with Gasteiger partial charge >= 0.3 is 5.97 Å². The lowest BCUT2D eigenvalue weighted by atomic mass is 9.96. The zero-order chi connectivity index (χ0) is 34.6. The fraction of sp³-hybridized carbons (Fsp3) is 0.382. The number of aryl methyl sites for hydroxylation is 2. The third-order valence-corrected chi connectivity index (χ3v) is 8.73. The molecular formula is C34H44N4O8S. The lowest BCUT2D eigenvalue weighted by Gasteiger charge is -2.36. The number of carbonyl (C=O) groups excluding carboxylic acids is 2. The third-order valence-electron chi connectivity index (χ3n) is 7.80. The van der Waals surface area contributed by atoms with E-state index in [2.05, 4.69) is 0 Å². The minimum absolute atomic E-state index is 0.0233. The van der Waals surface area contributed by atoms with Crippen molar-refractivity contribution >= 4 is 27.8 Å². The topological polar surface area (TPSA) is 202 Å². The van der Waals surface area contributed by atoms with Crippen LogP contribution in [0.1, 0.15) is 65.1 Å². The van der Waals surface area contributed by atoms with Crippen LogP contribution in [-0.4, -0.2) is 60.6 Å². The van der Waals surface area contributed by atoms with Gasteiger partial charge in [0.2, 0.25) is 21.8 Å². The van der Waals surface area contributed by atoms with E-state index in [1.54, 1.807) is 17.6 Å². The second-order valence-electron chi connectivity index (χ2n) is 11.6. The van der Waals surface area contributed by atoms with Crippen molar-refractivity contribution in [3.8, 4) is 0 Å². The summed E-state index contributed by atoms with van der Waals surface area (Å²) in [4.78, 5) is 39.4. The molecule has 0 saturated carbocycles. The number of rotatable bonds is 18. The molecule has 0 fully saturated rings. The van der Waals surface area contributed by atoms with Gasteiger partial charge in [-0.2, -0.15) is 0 Å². The van der Waals surface area contributed by atoms with E-state index >= 15 is 0 Å². The van der Waals surface area contributed by atoms with Crippen LogP contribution >= 0.6 is 0 Å². The number of aliphatic carboxylic acids is 1. The van der Waals surface area contributed by atoms with E-state index in [9.17, 15) is 27.9 Å². The van der Waals surface area contributed by atoms with Crippen molar-refractivity contribution in [1.29, 1.82) is 0 Å². The molecule has 0 spiro atoms. The molecule has 3 aromatic rings. The normalized spacial score (nSPS) is 12.7. The zero-order valence-corrected chi connectivity index (χ0v) is 27.5. The SMILES string of the molecule is Cc1cc(C)cc(C[C@@H](C(=O)O)N(C(=O)CCCCCOCc2ccccc2CC(=O)NO)C(CN)c2ccc(S(N)(=O)=O)cc2)c1. The summed E-state index contributed by atoms with van der Waals surface area (Å²) in [7, 11) is -3.95. The predicted molar refractivity (Wildman–Crippen MR) is 176 cm³/mol. The Bertz CT molecular complexity index is 1610. The number of primary sulfonamides is 1. The van der Waals surface area contributed by atoms with Crippen LogP contribution in [0.5, 0.6) is 0 Å². The van der Waals surface area contributed by atoms with Crippen LogP contribution in [0, 0.1) is 13.8 Å². The van der Waals surface area contributed by atoms with Crippen LogP contribution in [0.3, 0.4) is 0 Å². The lowest BCUT2D eigenvalue weighted by molar-refractivity contribution is -0.152. The van der Waals surface area contributed by atoms with Crippen molar-refractivity contribution in [2.24, 2.45) is 10.9 Å². The van der Waals surface area contributed by atoms with Crippen LogP contribution < -0.4 is 16.4 Å². The Labute approximate surface area is 275 Å². The summed E-state index contributed by atoms with van der Waals surface area (Å²) in [6, 6.07) is 16.6. The van der Waals surface area contributed by atoms with Gasteiger partial charge < -0.3 is 20.5 Å². The van der Waals surface area contributed by atoms with E-state index in [0.29, 0.717) is 31.4 Å². The second-order valence-corrected chi connectivity index (χ2v) is 13.1. The summed E-state index contributed by atoms with van der Waals surface area (Å²) in [6.07, 6.45) is 1.91. The molecule has 13 heteroatoms. The molecule has 7 N–H and O–H groups in total. The van der Waals surface area contributed by atoms with E-state index in [4.69, 9.17) is 20.8 Å². The van der Waals surface area contributed by atoms with Crippen LogP contribution in [0.2, 0.25) is 0 Å². The first-order valence-corrected chi connectivity index (χ1v) is 16.9. The number of amides is 2. The Morgan fingerprint density at radius 1 is 0.936 bits per heavy atom. The number of nitrogens with zero attached hydrogens (tertiary/aromatic N) is 1. The smallest absolute Gasteiger partial charge is 0.326 e. The maximum absolute atomic E-state index is 13.8. The molecule has 0 heterocycles. The monoisotopic (exact) mass is 668 g/mol. The molecule has 254 valence electrons. The molecule has 2 amide bonds. The minimum Gasteiger partial charge on any atom is -0.480 e. The van der Waals surface area contributed by atoms with Gasteiger partial charge in [0.15, 0.2) is 0 Å². The maximum Gasteiger partial charge on any atom is 0.326 e. The molecular weight excluding hydrogens is 624 g/mol. The zero-order valence-electron chi connectivity index (χ0n) is 26.7. The number of carboxylic acids is 1. The average Bonchev–Trinajstić information content (AvgIpc) is 3.02. The number of nitrogens with two attached hydrogens (primary N) is 2. The number of ether oxygens (including phenoxy) is 1. The number of hydrogen-bond acceptors (Lipinski definition) is 8. The van der Waals surface area contributed by atoms with Gasteiger partial charge in [-0.15, -0.1) is 0 Å². The van der Waals surface area contributed by atoms with E-state index in [1.165, 1.54) is 29.2 Å². The van der Waals surface area contributed by atoms with E-state index in [1.807, 2.05) is 44.2 Å². The van der Waals surface area contributed by atoms with Gasteiger partial charge in [-0.25, -0.2) is 23.8 Å². The number of nitrogens with one attached hydrogen (secondary N) is 1. The van der Waals surface area contributed by atoms with Crippen LogP contribution in [-0.2, 0) is 48.6 Å². The van der Waals surface area contributed by atoms with E-state index in [-0.39, 0.29) is 43.2 Å². The molecule has 0 aliphatic heterocycles. The van der Waals surface area contributed by atoms with Gasteiger partial charge in [-0.1, -0.05) is 72.1 Å². The maximum atomic E-state index is 13.8. The van der Waals surface area contributed by atoms with E-state index in [0.717, 1.165) is 27.8 Å². The van der Waals surface area contributed by atoms with Crippen molar-refractivity contribution < 1.29 is 37.9 Å². The summed E-state index contributed by atoms with van der Waals surface area (Å²) in [5.41, 5.74) is 12.6. The molecule has 3 aromatic carbocycles. The Hall–Kier alpha value is -4.14. The summed E-state index contributed by atoms with van der Waals surface area (Å²) in [5, 5.41) is 24.5. The number of benzene rings is 3. The van der Waals surface area contributed by atoms with Crippen molar-refractivity contribution in [3.05, 3.63) is 100 Å². The average molecular weight is 669 g/mol. The minimum atomic E-state index is -3.95. The highest BCUT2D eigenvalue weighted by molar-refractivity contribution is 7.89. The van der Waals surface area contributed by atoms with Crippen molar-refractivity contribution in [3.63, 3.8) is 0 Å². The lowest BCUT2D eigenvalue weighted by Crippen LogP contribution is -2.50. The molecule has 1 unspecified atom stereocenters. The molecule has 3 rings (SSSR count). The first-order valence-electron chi connectivity index (χ1n) is 15.4. The fourth-order valence-electron chi connectivity index (χ4n) is 5.62. The molecule has 0 radical (unpaired) electrons. The molecule has 47 heavy (non-hydrogen) atoms. The number of unbranched alkanes of at least 4 members (excludes halogenated alkanes) is 2. The highest BCUT2D eigenvalue weighted by Crippen LogP contribution is 2.27. The van der Waals surface area contributed by atoms with Crippen LogP contribution in [0.25, 0.3) is 0 Å². The molecule has 0 bridgehead atoms. The number of sulfonamides is 1. The summed E-state index contributed by atoms with van der Waals surface area (Å²) in [5.74, 6) is -2.08. The number of hydroxylamine groups is 1. The van der Waals surface area contributed by atoms with Gasteiger partial charge in [0.05, 0.1) is 24.0 Å². The van der Waals surface area contributed by atoms with Crippen molar-refractivity contribution in [2.45, 2.75) is 76.0 Å². The van der Waals surface area contributed by atoms with Gasteiger partial charge in [0.1, 0.15) is 6.04 Å². The highest BCUT2D eigenvalue weighted by Gasteiger charge is 2.35. The quantitative estimate of drug-likeness (QED) is 0.0766. The molecule has 0 saturated heterocycles. The van der Waals surface area contributed by atoms with Gasteiger partial charge in [0, 0.05) is 26.0 Å². The van der Waals surface area contributed by atoms with Crippen LogP contribution in [0.15, 0.2) is 71.6 Å². The Morgan fingerprint density at radius 3 is 2.15 bits per heavy atom. The fourth-order valence-corrected chi connectivity index (χ4v) is 6.14. The summed E-state index contributed by atoms with van der Waals surface area (Å²) in [6.45, 7) is 4.44. The molecule has 2 atom stereocenters. The number of carboxylic acid groups (broad SMARTS) is 1. The Kier molecular flexibility index (Phi) is 14.0. The first-order chi connectivity index (χ1) is 22.3. The summed E-state index contributed by atoms with van der Waals surface area (Å²) < 4.78 is 29.4. The van der Waals surface area contributed by atoms with Crippen molar-refractivity contribution in [2.75, 3.05) is 13.2 Å². The Balaban J connectivity index is 1.72. The van der Waals surface area contributed by atoms with E-state index < -0.39 is 34.0 Å². The summed E-state index contributed by atoms with van der Waals surface area (Å²) >= 11 is 0. The third kappa shape index (κ3) is 11.3. The van der Waals surface area contributed by atoms with Gasteiger partial charge in [-0.05, 0) is 61.1 Å². The van der Waals surface area contributed by atoms with Gasteiger partial charge in [0.25, 0.3) is 0 Å². The number of carbonyl (C=O) groups is 3. The molecule has 0 aliphatic carbocycles. The van der Waals surface area contributed by atoms with Crippen molar-refractivity contribution in [1.82, 2.24) is 10.4 Å². The van der Waals surface area contributed by atoms with Crippen LogP contribution in [0.4, 0.5) is 0 Å².